The number of benzene rings is 1. The predicted octanol–water partition coefficient (Wildman–Crippen LogP) is 2.68. The van der Waals surface area contributed by atoms with E-state index in [2.05, 4.69) is 5.32 Å². The molecule has 0 spiro atoms. The third-order valence-electron chi connectivity index (χ3n) is 1.87. The molecule has 1 aromatic rings. The number of phenols is 1. The second-order valence-corrected chi connectivity index (χ2v) is 5.04. The summed E-state index contributed by atoms with van der Waals surface area (Å²) in [5, 5.41) is 12.5. The van der Waals surface area contributed by atoms with Crippen molar-refractivity contribution in [2.75, 3.05) is 0 Å². The highest BCUT2D eigenvalue weighted by Crippen LogP contribution is 2.29. The molecule has 2 rings (SSSR count). The van der Waals surface area contributed by atoms with Crippen LogP contribution >= 0.6 is 36.2 Å². The molecular formula is C10H7NOS3. The first kappa shape index (κ1) is 10.6. The van der Waals surface area contributed by atoms with Crippen molar-refractivity contribution in [2.45, 2.75) is 0 Å². The van der Waals surface area contributed by atoms with E-state index < -0.39 is 0 Å². The van der Waals surface area contributed by atoms with Crippen LogP contribution in [0.15, 0.2) is 29.2 Å². The minimum absolute atomic E-state index is 0.242. The fraction of sp³-hybridized carbons (Fsp3) is 0. The first-order valence-corrected chi connectivity index (χ1v) is 5.83. The number of thiocarbonyl (C=S) groups is 2. The van der Waals surface area contributed by atoms with Crippen molar-refractivity contribution in [3.05, 3.63) is 34.7 Å². The highest BCUT2D eigenvalue weighted by molar-refractivity contribution is 8.27. The summed E-state index contributed by atoms with van der Waals surface area (Å²) in [4.78, 5) is 1.49. The molecule has 1 aliphatic heterocycles. The van der Waals surface area contributed by atoms with Gasteiger partial charge in [-0.3, -0.25) is 0 Å². The topological polar surface area (TPSA) is 32.3 Å². The Morgan fingerprint density at radius 2 is 2.00 bits per heavy atom. The highest BCUT2D eigenvalue weighted by Gasteiger charge is 2.18. The third-order valence-corrected chi connectivity index (χ3v) is 3.50. The largest absolute Gasteiger partial charge is 0.507 e. The van der Waals surface area contributed by atoms with Crippen LogP contribution in [-0.2, 0) is 0 Å². The summed E-state index contributed by atoms with van der Waals surface area (Å²) in [5.74, 6) is 0.242. The standard InChI is InChI=1S/C10H7NOS3/c12-7-4-2-1-3-6(7)5-8-9(13)11-10(14)15-8/h1-5,12H,(H,11,13,14)/b8-5+. The number of hydrogen-bond donors (Lipinski definition) is 2. The first-order valence-electron chi connectivity index (χ1n) is 4.19. The van der Waals surface area contributed by atoms with Gasteiger partial charge in [0.05, 0.1) is 4.91 Å². The Hall–Kier alpha value is -0.910. The van der Waals surface area contributed by atoms with Gasteiger partial charge in [0.2, 0.25) is 0 Å². The Morgan fingerprint density at radius 1 is 1.27 bits per heavy atom. The van der Waals surface area contributed by atoms with E-state index in [1.54, 1.807) is 12.1 Å². The van der Waals surface area contributed by atoms with Crippen molar-refractivity contribution < 1.29 is 5.11 Å². The van der Waals surface area contributed by atoms with E-state index in [1.807, 2.05) is 18.2 Å². The molecule has 0 unspecified atom stereocenters. The molecule has 76 valence electrons. The number of hydrogen-bond acceptors (Lipinski definition) is 4. The molecule has 15 heavy (non-hydrogen) atoms. The van der Waals surface area contributed by atoms with Crippen LogP contribution in [0.1, 0.15) is 5.56 Å². The van der Waals surface area contributed by atoms with Crippen LogP contribution in [0.2, 0.25) is 0 Å². The lowest BCUT2D eigenvalue weighted by Gasteiger charge is -1.99. The number of para-hydroxylation sites is 1. The quantitative estimate of drug-likeness (QED) is 0.594. The van der Waals surface area contributed by atoms with Crippen LogP contribution in [0, 0.1) is 0 Å². The molecule has 1 aromatic carbocycles. The number of phenolic OH excluding ortho intramolecular Hbond substituents is 1. The zero-order valence-electron chi connectivity index (χ0n) is 7.56. The first-order chi connectivity index (χ1) is 7.16. The van der Waals surface area contributed by atoms with Gasteiger partial charge in [0.25, 0.3) is 0 Å². The average molecular weight is 253 g/mol. The van der Waals surface area contributed by atoms with Crippen molar-refractivity contribution in [3.8, 4) is 5.75 Å². The zero-order valence-corrected chi connectivity index (χ0v) is 10.0. The maximum absolute atomic E-state index is 9.57. The summed E-state index contributed by atoms with van der Waals surface area (Å²) >= 11 is 11.5. The highest BCUT2D eigenvalue weighted by atomic mass is 32.2. The summed E-state index contributed by atoms with van der Waals surface area (Å²) in [6.07, 6.45) is 1.83. The van der Waals surface area contributed by atoms with Crippen LogP contribution in [0.3, 0.4) is 0 Å². The van der Waals surface area contributed by atoms with E-state index in [-0.39, 0.29) is 5.75 Å². The van der Waals surface area contributed by atoms with Crippen molar-refractivity contribution >= 4 is 51.6 Å². The van der Waals surface area contributed by atoms with Gasteiger partial charge < -0.3 is 10.4 Å². The summed E-state index contributed by atoms with van der Waals surface area (Å²) in [6, 6.07) is 7.11. The van der Waals surface area contributed by atoms with Crippen LogP contribution < -0.4 is 5.32 Å². The Labute approximate surface area is 102 Å². The molecule has 0 amide bonds. The summed E-state index contributed by atoms with van der Waals surface area (Å²) < 4.78 is 0.654. The van der Waals surface area contributed by atoms with E-state index >= 15 is 0 Å². The van der Waals surface area contributed by atoms with Crippen LogP contribution in [0.25, 0.3) is 6.08 Å². The molecule has 1 aliphatic rings. The van der Waals surface area contributed by atoms with Crippen molar-refractivity contribution in [1.82, 2.24) is 5.32 Å². The molecule has 0 saturated carbocycles. The number of rotatable bonds is 1. The normalized spacial score (nSPS) is 18.3. The Kier molecular flexibility index (Phi) is 3.04. The second kappa shape index (κ2) is 4.30. The maximum Gasteiger partial charge on any atom is 0.143 e. The smallest absolute Gasteiger partial charge is 0.143 e. The van der Waals surface area contributed by atoms with Gasteiger partial charge in [-0.2, -0.15) is 0 Å². The number of aromatic hydroxyl groups is 1. The van der Waals surface area contributed by atoms with Gasteiger partial charge in [-0.15, -0.1) is 0 Å². The molecule has 5 heteroatoms. The SMILES string of the molecule is Oc1ccccc1/C=C1/SC(=S)NC1=S. The molecule has 2 nitrogen and oxygen atoms in total. The molecule has 1 heterocycles. The predicted molar refractivity (Wildman–Crippen MR) is 72.0 cm³/mol. The van der Waals surface area contributed by atoms with Crippen molar-refractivity contribution in [2.24, 2.45) is 0 Å². The van der Waals surface area contributed by atoms with E-state index in [0.717, 1.165) is 10.5 Å². The third kappa shape index (κ3) is 2.37. The van der Waals surface area contributed by atoms with E-state index in [1.165, 1.54) is 11.8 Å². The molecular weight excluding hydrogens is 246 g/mol. The maximum atomic E-state index is 9.57. The van der Waals surface area contributed by atoms with Gasteiger partial charge in [-0.25, -0.2) is 0 Å². The molecule has 2 N–H and O–H groups in total. The van der Waals surface area contributed by atoms with Gasteiger partial charge in [-0.05, 0) is 12.1 Å². The number of nitrogens with one attached hydrogen (secondary N) is 1. The molecule has 0 radical (unpaired) electrons. The fourth-order valence-corrected chi connectivity index (χ4v) is 2.64. The lowest BCUT2D eigenvalue weighted by atomic mass is 10.2. The zero-order chi connectivity index (χ0) is 10.8. The molecule has 1 saturated heterocycles. The van der Waals surface area contributed by atoms with E-state index in [4.69, 9.17) is 24.4 Å². The fourth-order valence-electron chi connectivity index (χ4n) is 1.17. The second-order valence-electron chi connectivity index (χ2n) is 2.91. The lowest BCUT2D eigenvalue weighted by molar-refractivity contribution is 0.474. The minimum Gasteiger partial charge on any atom is -0.507 e. The Balaban J connectivity index is 2.35. The van der Waals surface area contributed by atoms with Crippen LogP contribution in [0.4, 0.5) is 0 Å². The van der Waals surface area contributed by atoms with Crippen LogP contribution in [-0.4, -0.2) is 14.4 Å². The average Bonchev–Trinajstić information content (AvgIpc) is 2.49. The molecule has 0 aromatic heterocycles. The van der Waals surface area contributed by atoms with Gasteiger partial charge in [0, 0.05) is 5.56 Å². The summed E-state index contributed by atoms with van der Waals surface area (Å²) in [6.45, 7) is 0. The van der Waals surface area contributed by atoms with Gasteiger partial charge in [0.15, 0.2) is 0 Å². The molecule has 0 bridgehead atoms. The van der Waals surface area contributed by atoms with Crippen molar-refractivity contribution in [1.29, 1.82) is 0 Å². The lowest BCUT2D eigenvalue weighted by Crippen LogP contribution is -2.15. The van der Waals surface area contributed by atoms with Crippen molar-refractivity contribution in [3.63, 3.8) is 0 Å². The Morgan fingerprint density at radius 3 is 2.60 bits per heavy atom. The summed E-state index contributed by atoms with van der Waals surface area (Å²) in [7, 11) is 0. The van der Waals surface area contributed by atoms with Gasteiger partial charge in [0.1, 0.15) is 15.1 Å². The van der Waals surface area contributed by atoms with Gasteiger partial charge in [-0.1, -0.05) is 54.4 Å². The van der Waals surface area contributed by atoms with E-state index in [0.29, 0.717) is 9.31 Å². The van der Waals surface area contributed by atoms with E-state index in [9.17, 15) is 5.11 Å². The summed E-state index contributed by atoms with van der Waals surface area (Å²) in [5.41, 5.74) is 0.744. The van der Waals surface area contributed by atoms with Crippen LogP contribution in [0.5, 0.6) is 5.75 Å². The Bertz CT molecular complexity index is 467. The van der Waals surface area contributed by atoms with Gasteiger partial charge >= 0.3 is 0 Å². The minimum atomic E-state index is 0.242. The molecule has 0 aliphatic carbocycles. The monoisotopic (exact) mass is 253 g/mol. The number of thioether (sulfide) groups is 1. The molecule has 1 fully saturated rings. The molecule has 0 atom stereocenters.